The van der Waals surface area contributed by atoms with E-state index in [2.05, 4.69) is 23.5 Å². The molecule has 0 amide bonds. The monoisotopic (exact) mass is 221 g/mol. The first kappa shape index (κ1) is 11.6. The third-order valence-electron chi connectivity index (χ3n) is 3.77. The molecule has 1 N–H and O–H groups in total. The second-order valence-electron chi connectivity index (χ2n) is 5.05. The van der Waals surface area contributed by atoms with Crippen LogP contribution in [0, 0.1) is 11.8 Å². The molecule has 16 heavy (non-hydrogen) atoms. The van der Waals surface area contributed by atoms with Crippen LogP contribution in [-0.4, -0.2) is 23.4 Å². The summed E-state index contributed by atoms with van der Waals surface area (Å²) in [6.07, 6.45) is 8.85. The molecule has 0 bridgehead atoms. The summed E-state index contributed by atoms with van der Waals surface area (Å²) in [4.78, 5) is 0. The van der Waals surface area contributed by atoms with Crippen LogP contribution in [0.5, 0.6) is 0 Å². The predicted octanol–water partition coefficient (Wildman–Crippen LogP) is 1.99. The Morgan fingerprint density at radius 2 is 2.25 bits per heavy atom. The van der Waals surface area contributed by atoms with Crippen LogP contribution in [-0.2, 0) is 13.5 Å². The molecule has 1 unspecified atom stereocenters. The molecule has 1 saturated carbocycles. The molecule has 90 valence electrons. The molecule has 1 aliphatic carbocycles. The van der Waals surface area contributed by atoms with Crippen molar-refractivity contribution in [3.05, 3.63) is 18.0 Å². The number of aromatic nitrogens is 2. The Hall–Kier alpha value is -0.830. The van der Waals surface area contributed by atoms with Gasteiger partial charge in [0.05, 0.1) is 5.69 Å². The van der Waals surface area contributed by atoms with E-state index in [4.69, 9.17) is 0 Å². The highest BCUT2D eigenvalue weighted by atomic mass is 15.2. The Morgan fingerprint density at radius 3 is 2.81 bits per heavy atom. The van der Waals surface area contributed by atoms with Crippen LogP contribution in [0.1, 0.15) is 31.4 Å². The van der Waals surface area contributed by atoms with Crippen LogP contribution in [0.3, 0.4) is 0 Å². The highest BCUT2D eigenvalue weighted by molar-refractivity contribution is 5.01. The standard InChI is InChI=1S/C13H23N3/c1-14-10-12(11-5-3-4-6-11)9-13-7-8-16(2)15-13/h7-8,11-12,14H,3-6,9-10H2,1-2H3. The fourth-order valence-electron chi connectivity index (χ4n) is 2.94. The van der Waals surface area contributed by atoms with Gasteiger partial charge in [0.2, 0.25) is 0 Å². The third kappa shape index (κ3) is 2.85. The van der Waals surface area contributed by atoms with E-state index in [1.165, 1.54) is 31.4 Å². The molecule has 0 aromatic carbocycles. The molecule has 1 aromatic rings. The van der Waals surface area contributed by atoms with E-state index < -0.39 is 0 Å². The summed E-state index contributed by atoms with van der Waals surface area (Å²) in [7, 11) is 4.05. The summed E-state index contributed by atoms with van der Waals surface area (Å²) in [6, 6.07) is 2.15. The maximum absolute atomic E-state index is 4.49. The minimum Gasteiger partial charge on any atom is -0.319 e. The zero-order chi connectivity index (χ0) is 11.4. The van der Waals surface area contributed by atoms with Gasteiger partial charge < -0.3 is 5.32 Å². The molecule has 0 saturated heterocycles. The van der Waals surface area contributed by atoms with Crippen LogP contribution in [0.2, 0.25) is 0 Å². The second kappa shape index (κ2) is 5.48. The Kier molecular flexibility index (Phi) is 3.99. The van der Waals surface area contributed by atoms with Gasteiger partial charge in [-0.15, -0.1) is 0 Å². The van der Waals surface area contributed by atoms with Crippen LogP contribution >= 0.6 is 0 Å². The minimum absolute atomic E-state index is 0.766. The highest BCUT2D eigenvalue weighted by Crippen LogP contribution is 2.32. The first-order chi connectivity index (χ1) is 7.79. The summed E-state index contributed by atoms with van der Waals surface area (Å²) in [5.74, 6) is 1.68. The number of nitrogens with one attached hydrogen (secondary N) is 1. The van der Waals surface area contributed by atoms with Crippen molar-refractivity contribution in [3.63, 3.8) is 0 Å². The molecule has 1 heterocycles. The lowest BCUT2D eigenvalue weighted by Gasteiger charge is -2.22. The van der Waals surface area contributed by atoms with Gasteiger partial charge in [0.1, 0.15) is 0 Å². The van der Waals surface area contributed by atoms with Crippen LogP contribution in [0.15, 0.2) is 12.3 Å². The third-order valence-corrected chi connectivity index (χ3v) is 3.77. The van der Waals surface area contributed by atoms with E-state index in [0.717, 1.165) is 24.8 Å². The Balaban J connectivity index is 1.96. The van der Waals surface area contributed by atoms with Gasteiger partial charge >= 0.3 is 0 Å². The molecule has 0 aliphatic heterocycles. The maximum atomic E-state index is 4.49. The molecule has 3 nitrogen and oxygen atoms in total. The van der Waals surface area contributed by atoms with Crippen LogP contribution in [0.25, 0.3) is 0 Å². The molecule has 1 aromatic heterocycles. The van der Waals surface area contributed by atoms with Crippen molar-refractivity contribution in [2.75, 3.05) is 13.6 Å². The second-order valence-corrected chi connectivity index (χ2v) is 5.05. The molecule has 0 radical (unpaired) electrons. The lowest BCUT2D eigenvalue weighted by atomic mass is 9.87. The fourth-order valence-corrected chi connectivity index (χ4v) is 2.94. The lowest BCUT2D eigenvalue weighted by molar-refractivity contribution is 0.325. The van der Waals surface area contributed by atoms with Gasteiger partial charge in [-0.3, -0.25) is 4.68 Å². The lowest BCUT2D eigenvalue weighted by Crippen LogP contribution is -2.26. The number of hydrogen-bond acceptors (Lipinski definition) is 2. The molecular formula is C13H23N3. The van der Waals surface area contributed by atoms with Gasteiger partial charge in [-0.2, -0.15) is 5.10 Å². The number of nitrogens with zero attached hydrogens (tertiary/aromatic N) is 2. The SMILES string of the molecule is CNCC(Cc1ccn(C)n1)C1CCCC1. The van der Waals surface area contributed by atoms with Crippen molar-refractivity contribution in [1.29, 1.82) is 0 Å². The van der Waals surface area contributed by atoms with Gasteiger partial charge in [-0.1, -0.05) is 25.7 Å². The zero-order valence-corrected chi connectivity index (χ0v) is 10.4. The minimum atomic E-state index is 0.766. The molecule has 1 fully saturated rings. The Morgan fingerprint density at radius 1 is 1.50 bits per heavy atom. The van der Waals surface area contributed by atoms with Crippen molar-refractivity contribution in [2.24, 2.45) is 18.9 Å². The topological polar surface area (TPSA) is 29.9 Å². The van der Waals surface area contributed by atoms with Crippen molar-refractivity contribution in [2.45, 2.75) is 32.1 Å². The zero-order valence-electron chi connectivity index (χ0n) is 10.4. The van der Waals surface area contributed by atoms with Gasteiger partial charge in [-0.05, 0) is 37.9 Å². The van der Waals surface area contributed by atoms with E-state index in [9.17, 15) is 0 Å². The summed E-state index contributed by atoms with van der Waals surface area (Å²) in [5.41, 5.74) is 1.25. The first-order valence-electron chi connectivity index (χ1n) is 6.42. The van der Waals surface area contributed by atoms with Crippen LogP contribution < -0.4 is 5.32 Å². The summed E-state index contributed by atoms with van der Waals surface area (Å²) in [5, 5.41) is 7.83. The molecule has 0 spiro atoms. The largest absolute Gasteiger partial charge is 0.319 e. The summed E-state index contributed by atoms with van der Waals surface area (Å²) < 4.78 is 1.90. The molecule has 3 heteroatoms. The Bertz CT molecular complexity index is 313. The van der Waals surface area contributed by atoms with E-state index in [-0.39, 0.29) is 0 Å². The van der Waals surface area contributed by atoms with Crippen molar-refractivity contribution in [3.8, 4) is 0 Å². The Labute approximate surface area is 98.2 Å². The van der Waals surface area contributed by atoms with Gasteiger partial charge in [0.15, 0.2) is 0 Å². The number of rotatable bonds is 5. The number of aryl methyl sites for hydroxylation is 1. The quantitative estimate of drug-likeness (QED) is 0.824. The molecule has 1 atom stereocenters. The predicted molar refractivity (Wildman–Crippen MR) is 66.3 cm³/mol. The van der Waals surface area contributed by atoms with Gasteiger partial charge in [0.25, 0.3) is 0 Å². The van der Waals surface area contributed by atoms with Gasteiger partial charge in [-0.25, -0.2) is 0 Å². The van der Waals surface area contributed by atoms with Crippen LogP contribution in [0.4, 0.5) is 0 Å². The highest BCUT2D eigenvalue weighted by Gasteiger charge is 2.25. The summed E-state index contributed by atoms with van der Waals surface area (Å²) >= 11 is 0. The molecule has 2 rings (SSSR count). The smallest absolute Gasteiger partial charge is 0.0627 e. The summed E-state index contributed by atoms with van der Waals surface area (Å²) in [6.45, 7) is 1.13. The van der Waals surface area contributed by atoms with Crippen molar-refractivity contribution in [1.82, 2.24) is 15.1 Å². The average Bonchev–Trinajstić information content (AvgIpc) is 2.88. The van der Waals surface area contributed by atoms with Crippen molar-refractivity contribution >= 4 is 0 Å². The normalized spacial score (nSPS) is 19.1. The molecular weight excluding hydrogens is 198 g/mol. The average molecular weight is 221 g/mol. The number of hydrogen-bond donors (Lipinski definition) is 1. The molecule has 1 aliphatic rings. The van der Waals surface area contributed by atoms with E-state index in [1.54, 1.807) is 0 Å². The maximum Gasteiger partial charge on any atom is 0.0627 e. The first-order valence-corrected chi connectivity index (χ1v) is 6.42. The van der Waals surface area contributed by atoms with E-state index >= 15 is 0 Å². The van der Waals surface area contributed by atoms with Crippen molar-refractivity contribution < 1.29 is 0 Å². The van der Waals surface area contributed by atoms with E-state index in [0.29, 0.717) is 0 Å². The van der Waals surface area contributed by atoms with Gasteiger partial charge in [0, 0.05) is 13.2 Å². The fraction of sp³-hybridized carbons (Fsp3) is 0.769. The van der Waals surface area contributed by atoms with E-state index in [1.807, 2.05) is 17.9 Å².